The molecule has 0 radical (unpaired) electrons. The first-order valence-electron chi connectivity index (χ1n) is 9.14. The highest BCUT2D eigenvalue weighted by atomic mass is 32.1. The van der Waals surface area contributed by atoms with Gasteiger partial charge in [-0.2, -0.15) is 5.26 Å². The molecule has 1 aromatic heterocycles. The van der Waals surface area contributed by atoms with Crippen molar-refractivity contribution < 1.29 is 23.8 Å². The van der Waals surface area contributed by atoms with E-state index in [1.54, 1.807) is 31.2 Å². The zero-order valence-corrected chi connectivity index (χ0v) is 17.8. The summed E-state index contributed by atoms with van der Waals surface area (Å²) in [7, 11) is 2.68. The van der Waals surface area contributed by atoms with Gasteiger partial charge in [-0.05, 0) is 24.6 Å². The van der Waals surface area contributed by atoms with Gasteiger partial charge in [-0.1, -0.05) is 12.1 Å². The molecule has 160 valence electrons. The number of aromatic nitrogens is 1. The number of thiazole rings is 1. The topological polar surface area (TPSA) is 134 Å². The number of nitriles is 1. The number of hydrogen-bond acceptors (Lipinski definition) is 9. The first-order valence-corrected chi connectivity index (χ1v) is 9.96. The number of hydrogen-bond donors (Lipinski definition) is 1. The van der Waals surface area contributed by atoms with Crippen LogP contribution in [0, 0.1) is 11.3 Å². The molecule has 1 atom stereocenters. The van der Waals surface area contributed by atoms with E-state index < -0.39 is 23.4 Å². The van der Waals surface area contributed by atoms with Crippen molar-refractivity contribution in [1.82, 2.24) is 4.57 Å². The highest BCUT2D eigenvalue weighted by molar-refractivity contribution is 7.07. The van der Waals surface area contributed by atoms with Crippen molar-refractivity contribution in [3.8, 4) is 11.8 Å². The monoisotopic (exact) mass is 441 g/mol. The summed E-state index contributed by atoms with van der Waals surface area (Å²) >= 11 is 0.894. The lowest BCUT2D eigenvalue weighted by atomic mass is 9.84. The summed E-state index contributed by atoms with van der Waals surface area (Å²) < 4.78 is 16.3. The molecular weight excluding hydrogens is 422 g/mol. The van der Waals surface area contributed by atoms with Crippen LogP contribution in [-0.2, 0) is 19.1 Å². The van der Waals surface area contributed by atoms with Crippen molar-refractivity contribution in [2.45, 2.75) is 12.8 Å². The minimum absolute atomic E-state index is 0.00771. The Labute approximate surface area is 180 Å². The first kappa shape index (κ1) is 21.9. The van der Waals surface area contributed by atoms with Gasteiger partial charge in [0.2, 0.25) is 0 Å². The maximum Gasteiger partial charge on any atom is 0.338 e. The van der Waals surface area contributed by atoms with Crippen molar-refractivity contribution in [2.24, 2.45) is 5.73 Å². The second-order valence-corrected chi connectivity index (χ2v) is 7.36. The van der Waals surface area contributed by atoms with Gasteiger partial charge in [0.25, 0.3) is 5.56 Å². The predicted octanol–water partition coefficient (Wildman–Crippen LogP) is 0.0340. The quantitative estimate of drug-likeness (QED) is 0.643. The van der Waals surface area contributed by atoms with Crippen LogP contribution in [0.15, 0.2) is 34.6 Å². The molecule has 3 rings (SSSR count). The summed E-state index contributed by atoms with van der Waals surface area (Å²) in [6.07, 6.45) is 1.01. The van der Waals surface area contributed by atoms with Crippen LogP contribution in [0.4, 0.5) is 0 Å². The van der Waals surface area contributed by atoms with Crippen LogP contribution >= 0.6 is 11.3 Å². The van der Waals surface area contributed by atoms with Gasteiger partial charge in [-0.25, -0.2) is 9.59 Å². The number of ether oxygens (including phenoxy) is 3. The number of rotatable bonds is 5. The van der Waals surface area contributed by atoms with E-state index in [0.717, 1.165) is 22.0 Å². The molecule has 2 N–H and O–H groups in total. The number of nitrogens with two attached hydrogens (primary N) is 1. The fourth-order valence-corrected chi connectivity index (χ4v) is 4.40. The number of carbonyl (C=O) groups excluding carboxylic acids is 2. The number of carbonyl (C=O) groups is 2. The maximum atomic E-state index is 13.0. The molecule has 0 aliphatic carbocycles. The lowest BCUT2D eigenvalue weighted by molar-refractivity contribution is -0.136. The van der Waals surface area contributed by atoms with Crippen molar-refractivity contribution in [2.75, 3.05) is 20.8 Å². The van der Waals surface area contributed by atoms with Gasteiger partial charge < -0.3 is 19.9 Å². The molecule has 9 nitrogen and oxygen atoms in total. The Bertz CT molecular complexity index is 1310. The van der Waals surface area contributed by atoms with E-state index in [1.165, 1.54) is 14.2 Å². The largest absolute Gasteiger partial charge is 0.497 e. The van der Waals surface area contributed by atoms with Crippen LogP contribution < -0.4 is 25.2 Å². The summed E-state index contributed by atoms with van der Waals surface area (Å²) in [4.78, 5) is 37.6. The third-order valence-electron chi connectivity index (χ3n) is 4.64. The Morgan fingerprint density at radius 3 is 2.71 bits per heavy atom. The first-order chi connectivity index (χ1) is 14.9. The van der Waals surface area contributed by atoms with Crippen molar-refractivity contribution in [3.05, 3.63) is 55.0 Å². The molecule has 1 aliphatic heterocycles. The third kappa shape index (κ3) is 3.83. The van der Waals surface area contributed by atoms with Gasteiger partial charge in [0, 0.05) is 6.08 Å². The molecule has 0 spiro atoms. The molecule has 31 heavy (non-hydrogen) atoms. The minimum Gasteiger partial charge on any atom is -0.497 e. The van der Waals surface area contributed by atoms with Crippen LogP contribution in [0.5, 0.6) is 5.75 Å². The molecule has 1 aromatic carbocycles. The van der Waals surface area contributed by atoms with E-state index in [2.05, 4.69) is 4.74 Å². The number of fused-ring (bicyclic) bond motifs is 1. The van der Waals surface area contributed by atoms with Crippen LogP contribution in [-0.4, -0.2) is 37.3 Å². The molecular formula is C21H19N3O6S. The van der Waals surface area contributed by atoms with Gasteiger partial charge >= 0.3 is 11.9 Å². The fourth-order valence-electron chi connectivity index (χ4n) is 3.27. The van der Waals surface area contributed by atoms with Crippen molar-refractivity contribution >= 4 is 40.7 Å². The summed E-state index contributed by atoms with van der Waals surface area (Å²) in [5.74, 6) is -1.92. The summed E-state index contributed by atoms with van der Waals surface area (Å²) in [5, 5.41) is 9.88. The molecule has 2 heterocycles. The molecule has 0 bridgehead atoms. The van der Waals surface area contributed by atoms with Gasteiger partial charge in [0.1, 0.15) is 20.8 Å². The Balaban J connectivity index is 2.47. The Morgan fingerprint density at radius 2 is 2.10 bits per heavy atom. The van der Waals surface area contributed by atoms with Crippen LogP contribution in [0.25, 0.3) is 17.5 Å². The smallest absolute Gasteiger partial charge is 0.338 e. The van der Waals surface area contributed by atoms with Gasteiger partial charge in [-0.3, -0.25) is 9.36 Å². The van der Waals surface area contributed by atoms with Gasteiger partial charge in [-0.15, -0.1) is 11.3 Å². The normalized spacial score (nSPS) is 15.9. The number of methoxy groups -OCH3 is 2. The SMILES string of the molecule is CCOC(=O)C1=c2s/c(=C\C(=O)OC)c(=O)n2C(N)=C(C#N)[C@H]1c1cccc(OC)c1. The van der Waals surface area contributed by atoms with Crippen LogP contribution in [0.3, 0.4) is 0 Å². The van der Waals surface area contributed by atoms with E-state index >= 15 is 0 Å². The van der Waals surface area contributed by atoms with E-state index in [4.69, 9.17) is 15.2 Å². The Hall–Kier alpha value is -3.84. The molecule has 10 heteroatoms. The van der Waals surface area contributed by atoms with Crippen LogP contribution in [0.1, 0.15) is 18.4 Å². The lowest BCUT2D eigenvalue weighted by Crippen LogP contribution is -2.40. The molecule has 1 aliphatic rings. The fraction of sp³-hybridized carbons (Fsp3) is 0.238. The predicted molar refractivity (Wildman–Crippen MR) is 113 cm³/mol. The van der Waals surface area contributed by atoms with Gasteiger partial charge in [0.05, 0.1) is 44.0 Å². The maximum absolute atomic E-state index is 13.0. The number of allylic oxidation sites excluding steroid dienone is 1. The highest BCUT2D eigenvalue weighted by Crippen LogP contribution is 2.37. The van der Waals surface area contributed by atoms with E-state index in [1.807, 2.05) is 6.07 Å². The third-order valence-corrected chi connectivity index (χ3v) is 5.75. The Kier molecular flexibility index (Phi) is 6.27. The minimum atomic E-state index is -0.886. The standard InChI is InChI=1S/C21H19N3O6S/c1-4-30-21(27)17-16(11-6-5-7-12(8-11)28-2)13(10-22)18(23)24-19(26)14(31-20(17)24)9-15(25)29-3/h5-9,16H,4,23H2,1-3H3/b14-9-/t16-/m1/s1. The van der Waals surface area contributed by atoms with E-state index in [9.17, 15) is 19.6 Å². The van der Waals surface area contributed by atoms with Crippen LogP contribution in [0.2, 0.25) is 0 Å². The number of nitrogens with zero attached hydrogens (tertiary/aromatic N) is 2. The average Bonchev–Trinajstić information content (AvgIpc) is 3.09. The van der Waals surface area contributed by atoms with E-state index in [0.29, 0.717) is 11.3 Å². The molecule has 0 unspecified atom stereocenters. The zero-order valence-electron chi connectivity index (χ0n) is 17.0. The summed E-state index contributed by atoms with van der Waals surface area (Å²) in [6.45, 7) is 1.74. The summed E-state index contributed by atoms with van der Waals surface area (Å²) in [6, 6.07) is 8.86. The van der Waals surface area contributed by atoms with E-state index in [-0.39, 0.29) is 32.8 Å². The molecule has 0 saturated carbocycles. The highest BCUT2D eigenvalue weighted by Gasteiger charge is 2.36. The molecule has 0 saturated heterocycles. The van der Waals surface area contributed by atoms with Crippen molar-refractivity contribution in [3.63, 3.8) is 0 Å². The number of esters is 2. The zero-order chi connectivity index (χ0) is 22.7. The van der Waals surface area contributed by atoms with Gasteiger partial charge in [0.15, 0.2) is 0 Å². The lowest BCUT2D eigenvalue weighted by Gasteiger charge is -2.25. The molecule has 0 fully saturated rings. The van der Waals surface area contributed by atoms with Crippen molar-refractivity contribution in [1.29, 1.82) is 5.26 Å². The number of benzene rings is 1. The summed E-state index contributed by atoms with van der Waals surface area (Å²) in [5.41, 5.74) is 6.22. The second kappa shape index (κ2) is 8.89. The molecule has 0 amide bonds. The molecule has 2 aromatic rings. The second-order valence-electron chi connectivity index (χ2n) is 6.33. The average molecular weight is 441 g/mol. The Morgan fingerprint density at radius 1 is 1.35 bits per heavy atom.